The number of carbonyl (C=O) groups excluding carboxylic acids is 4. The van der Waals surface area contributed by atoms with E-state index in [0.717, 1.165) is 10.5 Å². The van der Waals surface area contributed by atoms with Crippen molar-refractivity contribution >= 4 is 35.3 Å². The van der Waals surface area contributed by atoms with Crippen molar-refractivity contribution in [2.24, 2.45) is 5.92 Å². The first-order valence-electron chi connectivity index (χ1n) is 19.2. The lowest BCUT2D eigenvalue weighted by atomic mass is 9.65. The summed E-state index contributed by atoms with van der Waals surface area (Å²) in [4.78, 5) is 73.4. The number of nitrogens with zero attached hydrogens (tertiary/aromatic N) is 3. The van der Waals surface area contributed by atoms with Crippen molar-refractivity contribution < 1.29 is 48.2 Å². The Kier molecular flexibility index (Phi) is 11.0. The van der Waals surface area contributed by atoms with Gasteiger partial charge in [0.1, 0.15) is 49.0 Å². The zero-order valence-corrected chi connectivity index (χ0v) is 32.1. The smallest absolute Gasteiger partial charge is 0.421 e. The average molecular weight is 810 g/mol. The summed E-state index contributed by atoms with van der Waals surface area (Å²) in [5.74, 6) is -3.65. The Hall–Kier alpha value is -7.16. The van der Waals surface area contributed by atoms with Crippen molar-refractivity contribution in [3.05, 3.63) is 184 Å². The molecular weight excluding hydrogens is 771 g/mol. The molecule has 2 fully saturated rings. The molecule has 0 aromatic heterocycles. The summed E-state index contributed by atoms with van der Waals surface area (Å²) in [6, 6.07) is 34.0. The molecule has 5 aromatic rings. The number of aliphatic hydroxyl groups is 1. The van der Waals surface area contributed by atoms with E-state index in [4.69, 9.17) is 18.9 Å². The monoisotopic (exact) mass is 809 g/mol. The van der Waals surface area contributed by atoms with Crippen LogP contribution in [0.1, 0.15) is 46.0 Å². The Morgan fingerprint density at radius 3 is 2.12 bits per heavy atom. The van der Waals surface area contributed by atoms with Gasteiger partial charge in [0.05, 0.1) is 29.3 Å². The molecule has 3 heterocycles. The molecule has 6 atom stereocenters. The highest BCUT2D eigenvalue weighted by Gasteiger charge is 2.76. The van der Waals surface area contributed by atoms with E-state index in [2.05, 4.69) is 6.58 Å². The highest BCUT2D eigenvalue weighted by molar-refractivity contribution is 6.23. The molecule has 0 saturated carbocycles. The number of non-ortho nitro benzene ring substituents is 1. The normalized spacial score (nSPS) is 23.0. The van der Waals surface area contributed by atoms with Crippen molar-refractivity contribution in [2.75, 3.05) is 24.7 Å². The first-order valence-corrected chi connectivity index (χ1v) is 19.2. The number of esters is 2. The third kappa shape index (κ3) is 6.74. The van der Waals surface area contributed by atoms with Gasteiger partial charge in [0.15, 0.2) is 0 Å². The minimum absolute atomic E-state index is 0.0294. The van der Waals surface area contributed by atoms with Gasteiger partial charge in [0.25, 0.3) is 5.69 Å². The van der Waals surface area contributed by atoms with Crippen LogP contribution in [0.4, 0.5) is 16.2 Å². The highest BCUT2D eigenvalue weighted by atomic mass is 16.6. The Morgan fingerprint density at radius 1 is 0.817 bits per heavy atom. The van der Waals surface area contributed by atoms with Crippen LogP contribution in [-0.4, -0.2) is 64.7 Å². The number of hydrogen-bond acceptors (Lipinski definition) is 12. The van der Waals surface area contributed by atoms with E-state index in [9.17, 15) is 29.6 Å². The van der Waals surface area contributed by atoms with Gasteiger partial charge < -0.3 is 24.1 Å². The van der Waals surface area contributed by atoms with E-state index in [-0.39, 0.29) is 43.4 Å². The fourth-order valence-electron chi connectivity index (χ4n) is 8.87. The topological polar surface area (TPSA) is 175 Å². The molecule has 6 unspecified atom stereocenters. The summed E-state index contributed by atoms with van der Waals surface area (Å²) in [5, 5.41) is 20.7. The summed E-state index contributed by atoms with van der Waals surface area (Å²) in [6.45, 7) is 2.93. The summed E-state index contributed by atoms with van der Waals surface area (Å²) >= 11 is 0. The number of aliphatic hydroxyl groups excluding tert-OH is 1. The van der Waals surface area contributed by atoms with Crippen molar-refractivity contribution in [1.82, 2.24) is 4.90 Å². The number of nitro groups is 1. The number of imide groups is 1. The van der Waals surface area contributed by atoms with Crippen LogP contribution < -0.4 is 9.64 Å². The van der Waals surface area contributed by atoms with Crippen LogP contribution >= 0.6 is 0 Å². The molecule has 14 heteroatoms. The van der Waals surface area contributed by atoms with Crippen LogP contribution in [0.5, 0.6) is 5.75 Å². The summed E-state index contributed by atoms with van der Waals surface area (Å²) in [5.41, 5.74) is 0.571. The number of benzene rings is 5. The maximum atomic E-state index is 15.9. The Bertz CT molecular complexity index is 2430. The lowest BCUT2D eigenvalue weighted by molar-refractivity contribution is -0.384. The maximum absolute atomic E-state index is 15.9. The number of anilines is 1. The Balaban J connectivity index is 1.35. The van der Waals surface area contributed by atoms with Crippen molar-refractivity contribution in [3.63, 3.8) is 0 Å². The second-order valence-corrected chi connectivity index (χ2v) is 14.5. The molecule has 1 N–H and O–H groups in total. The molecule has 5 aromatic carbocycles. The second kappa shape index (κ2) is 16.6. The minimum atomic E-state index is -2.02. The number of fused-ring (bicyclic) bond motifs is 3. The molecule has 0 radical (unpaired) electrons. The van der Waals surface area contributed by atoms with E-state index in [0.29, 0.717) is 22.4 Å². The third-order valence-corrected chi connectivity index (χ3v) is 11.2. The second-order valence-electron chi connectivity index (χ2n) is 14.5. The molecule has 60 heavy (non-hydrogen) atoms. The predicted octanol–water partition coefficient (Wildman–Crippen LogP) is 6.70. The molecule has 1 spiro atoms. The number of para-hydroxylation sites is 1. The number of rotatable bonds is 12. The van der Waals surface area contributed by atoms with Gasteiger partial charge in [-0.2, -0.15) is 0 Å². The molecule has 0 bridgehead atoms. The van der Waals surface area contributed by atoms with Crippen molar-refractivity contribution in [1.29, 1.82) is 0 Å². The molecule has 3 aliphatic heterocycles. The fourth-order valence-corrected chi connectivity index (χ4v) is 8.87. The number of hydrogen-bond donors (Lipinski definition) is 1. The van der Waals surface area contributed by atoms with Crippen LogP contribution in [0.3, 0.4) is 0 Å². The SMILES string of the molecule is C=CCOC(=O)C1C2C(=O)OC(c3ccccc3)C(c3ccccc3)N2C(c2ccc(OCCO)cc2)C12C(=O)N(C(=O)OCc1ccc([N+](=O)[O-])cc1)c1ccccc12. The van der Waals surface area contributed by atoms with Crippen LogP contribution in [-0.2, 0) is 40.6 Å². The Morgan fingerprint density at radius 2 is 1.47 bits per heavy atom. The third-order valence-electron chi connectivity index (χ3n) is 11.2. The number of cyclic esters (lactones) is 1. The van der Waals surface area contributed by atoms with Gasteiger partial charge in [-0.1, -0.05) is 104 Å². The summed E-state index contributed by atoms with van der Waals surface area (Å²) in [6.07, 6.45) is -0.605. The first kappa shape index (κ1) is 39.7. The zero-order valence-electron chi connectivity index (χ0n) is 32.1. The van der Waals surface area contributed by atoms with Crippen LogP contribution in [0.2, 0.25) is 0 Å². The number of carbonyl (C=O) groups is 4. The van der Waals surface area contributed by atoms with E-state index >= 15 is 4.79 Å². The lowest BCUT2D eigenvalue weighted by Gasteiger charge is -2.46. The van der Waals surface area contributed by atoms with E-state index < -0.39 is 64.4 Å². The largest absolute Gasteiger partial charge is 0.491 e. The summed E-state index contributed by atoms with van der Waals surface area (Å²) < 4.78 is 23.6. The van der Waals surface area contributed by atoms with Gasteiger partial charge in [0.2, 0.25) is 5.91 Å². The van der Waals surface area contributed by atoms with Gasteiger partial charge in [0, 0.05) is 12.1 Å². The average Bonchev–Trinajstić information content (AvgIpc) is 3.74. The fraction of sp³-hybridized carbons (Fsp3) is 0.217. The van der Waals surface area contributed by atoms with Crippen molar-refractivity contribution in [3.8, 4) is 5.75 Å². The van der Waals surface area contributed by atoms with E-state index in [1.807, 2.05) is 65.6 Å². The molecular formula is C46H39N3O11. The quantitative estimate of drug-likeness (QED) is 0.0465. The van der Waals surface area contributed by atoms with Crippen molar-refractivity contribution in [2.45, 2.75) is 36.3 Å². The molecule has 0 aliphatic carbocycles. The number of amides is 2. The highest BCUT2D eigenvalue weighted by Crippen LogP contribution is 2.66. The van der Waals surface area contributed by atoms with Gasteiger partial charge >= 0.3 is 18.0 Å². The summed E-state index contributed by atoms with van der Waals surface area (Å²) in [7, 11) is 0. The lowest BCUT2D eigenvalue weighted by Crippen LogP contribution is -2.53. The minimum Gasteiger partial charge on any atom is -0.491 e. The molecule has 3 aliphatic rings. The first-order chi connectivity index (χ1) is 29.2. The Labute approximate surface area is 344 Å². The van der Waals surface area contributed by atoms with Crippen LogP contribution in [0, 0.1) is 16.0 Å². The molecule has 8 rings (SSSR count). The maximum Gasteiger partial charge on any atom is 0.421 e. The van der Waals surface area contributed by atoms with Gasteiger partial charge in [-0.05, 0) is 58.1 Å². The molecule has 2 amide bonds. The standard InChI is InChI=1S/C46H39N3O11/c1-2-26-58-42(51)37-39-43(52)60-40(31-13-7-4-8-14-31)38(30-11-5-3-6-12-30)48(39)41(32-19-23-34(24-20-32)57-27-25-50)46(37)35-15-9-10-16-36(35)47(44(46)53)45(54)59-28-29-17-21-33(22-18-29)49(55)56/h2-24,37-41,50H,1,25-28H2. The number of ether oxygens (including phenoxy) is 4. The molecule has 2 saturated heterocycles. The van der Waals surface area contributed by atoms with Gasteiger partial charge in [-0.3, -0.25) is 29.4 Å². The van der Waals surface area contributed by atoms with E-state index in [1.165, 1.54) is 30.3 Å². The van der Waals surface area contributed by atoms with Crippen LogP contribution in [0.15, 0.2) is 146 Å². The van der Waals surface area contributed by atoms with Gasteiger partial charge in [-0.25, -0.2) is 9.69 Å². The zero-order chi connectivity index (χ0) is 42.0. The number of nitro benzene ring substituents is 1. The van der Waals surface area contributed by atoms with Crippen LogP contribution in [0.25, 0.3) is 0 Å². The number of morpholine rings is 1. The predicted molar refractivity (Wildman–Crippen MR) is 215 cm³/mol. The van der Waals surface area contributed by atoms with E-state index in [1.54, 1.807) is 48.5 Å². The molecule has 14 nitrogen and oxygen atoms in total. The van der Waals surface area contributed by atoms with Gasteiger partial charge in [-0.15, -0.1) is 0 Å². The molecule has 304 valence electrons.